The molecule has 140 valence electrons. The summed E-state index contributed by atoms with van der Waals surface area (Å²) in [6, 6.07) is 6.96. The minimum Gasteiger partial charge on any atom is -0.356 e. The summed E-state index contributed by atoms with van der Waals surface area (Å²) >= 11 is 8.62. The highest BCUT2D eigenvalue weighted by atomic mass is 35.5. The van der Waals surface area contributed by atoms with Gasteiger partial charge in [0.2, 0.25) is 11.8 Å². The number of nitrogens with zero attached hydrogens (tertiary/aromatic N) is 1. The van der Waals surface area contributed by atoms with Crippen LogP contribution in [0.5, 0.6) is 0 Å². The highest BCUT2D eigenvalue weighted by Crippen LogP contribution is 2.23. The molecule has 1 aromatic carbocycles. The van der Waals surface area contributed by atoms with E-state index in [-0.39, 0.29) is 24.0 Å². The number of hydrogen-bond acceptors (Lipinski definition) is 5. The molecule has 0 fully saturated rings. The predicted octanol–water partition coefficient (Wildman–Crippen LogP) is 4.23. The van der Waals surface area contributed by atoms with Gasteiger partial charge in [-0.25, -0.2) is 4.98 Å². The molecule has 0 spiro atoms. The van der Waals surface area contributed by atoms with Crippen LogP contribution in [0.15, 0.2) is 34.0 Å². The third-order valence-electron chi connectivity index (χ3n) is 3.37. The Hall–Kier alpha value is -1.57. The van der Waals surface area contributed by atoms with E-state index in [9.17, 15) is 9.59 Å². The highest BCUT2D eigenvalue weighted by molar-refractivity contribution is 8.01. The lowest BCUT2D eigenvalue weighted by Crippen LogP contribution is -2.26. The first kappa shape index (κ1) is 20.7. The van der Waals surface area contributed by atoms with E-state index in [0.717, 1.165) is 16.5 Å². The number of anilines is 1. The molecule has 0 saturated heterocycles. The lowest BCUT2D eigenvalue weighted by molar-refractivity contribution is -0.120. The molecule has 2 aromatic rings. The lowest BCUT2D eigenvalue weighted by atomic mass is 10.1. The second kappa shape index (κ2) is 10.5. The molecule has 0 saturated carbocycles. The van der Waals surface area contributed by atoms with Crippen molar-refractivity contribution in [3.8, 4) is 0 Å². The van der Waals surface area contributed by atoms with Crippen LogP contribution in [0, 0.1) is 5.92 Å². The fourth-order valence-electron chi connectivity index (χ4n) is 2.02. The van der Waals surface area contributed by atoms with Crippen LogP contribution in [0.3, 0.4) is 0 Å². The number of benzene rings is 1. The molecule has 26 heavy (non-hydrogen) atoms. The van der Waals surface area contributed by atoms with E-state index in [0.29, 0.717) is 23.2 Å². The fourth-order valence-corrected chi connectivity index (χ4v) is 3.79. The quantitative estimate of drug-likeness (QED) is 0.605. The number of thioether (sulfide) groups is 1. The summed E-state index contributed by atoms with van der Waals surface area (Å²) in [6.45, 7) is 4.94. The number of carbonyl (C=O) groups is 2. The van der Waals surface area contributed by atoms with Gasteiger partial charge in [0.25, 0.3) is 0 Å². The van der Waals surface area contributed by atoms with E-state index in [4.69, 9.17) is 11.6 Å². The molecule has 8 heteroatoms. The minimum absolute atomic E-state index is 0.0204. The Bertz CT molecular complexity index is 732. The third kappa shape index (κ3) is 7.76. The summed E-state index contributed by atoms with van der Waals surface area (Å²) in [5.41, 5.74) is 1.44. The number of halogens is 1. The Morgan fingerprint density at radius 2 is 1.96 bits per heavy atom. The molecular formula is C18H22ClN3O2S2. The number of nitrogens with one attached hydrogen (secondary N) is 2. The van der Waals surface area contributed by atoms with Gasteiger partial charge in [0.05, 0.1) is 17.9 Å². The average Bonchev–Trinajstić information content (AvgIpc) is 3.02. The topological polar surface area (TPSA) is 71.1 Å². The van der Waals surface area contributed by atoms with Crippen molar-refractivity contribution < 1.29 is 9.59 Å². The number of hydrogen-bond donors (Lipinski definition) is 2. The first-order chi connectivity index (χ1) is 12.4. The molecule has 0 aliphatic rings. The number of rotatable bonds is 9. The van der Waals surface area contributed by atoms with E-state index in [1.807, 2.05) is 5.38 Å². The maximum absolute atomic E-state index is 12.0. The molecule has 0 aliphatic heterocycles. The highest BCUT2D eigenvalue weighted by Gasteiger charge is 2.10. The first-order valence-electron chi connectivity index (χ1n) is 8.31. The van der Waals surface area contributed by atoms with Gasteiger partial charge in [0.1, 0.15) is 0 Å². The second-order valence-corrected chi connectivity index (χ2v) is 8.67. The normalized spacial score (nSPS) is 10.8. The Morgan fingerprint density at radius 3 is 2.65 bits per heavy atom. The van der Waals surface area contributed by atoms with Crippen molar-refractivity contribution >= 4 is 52.2 Å². The summed E-state index contributed by atoms with van der Waals surface area (Å²) in [5, 5.41) is 8.19. The number of amides is 2. The standard InChI is InChI=1S/C18H22ClN3O2S2/c1-12(2)7-8-20-16(23)9-15-10-25-18(22-15)26-11-17(24)21-14-5-3-13(19)4-6-14/h3-6,10,12H,7-9,11H2,1-2H3,(H,20,23)(H,21,24). The van der Waals surface area contributed by atoms with Crippen molar-refractivity contribution in [3.63, 3.8) is 0 Å². The Kier molecular flexibility index (Phi) is 8.41. The predicted molar refractivity (Wildman–Crippen MR) is 109 cm³/mol. The average molecular weight is 412 g/mol. The van der Waals surface area contributed by atoms with Gasteiger partial charge in [-0.05, 0) is 36.6 Å². The zero-order valence-electron chi connectivity index (χ0n) is 14.8. The van der Waals surface area contributed by atoms with E-state index in [1.54, 1.807) is 24.3 Å². The molecule has 5 nitrogen and oxygen atoms in total. The zero-order chi connectivity index (χ0) is 18.9. The van der Waals surface area contributed by atoms with Gasteiger partial charge in [-0.15, -0.1) is 11.3 Å². The maximum atomic E-state index is 12.0. The molecule has 0 atom stereocenters. The van der Waals surface area contributed by atoms with Crippen LogP contribution in [0.25, 0.3) is 0 Å². The van der Waals surface area contributed by atoms with Gasteiger partial charge in [-0.3, -0.25) is 9.59 Å². The van der Waals surface area contributed by atoms with Gasteiger partial charge in [0, 0.05) is 22.6 Å². The minimum atomic E-state index is -0.111. The Balaban J connectivity index is 1.72. The number of thiazole rings is 1. The van der Waals surface area contributed by atoms with Crippen molar-refractivity contribution in [3.05, 3.63) is 40.4 Å². The van der Waals surface area contributed by atoms with Gasteiger partial charge in [0.15, 0.2) is 4.34 Å². The largest absolute Gasteiger partial charge is 0.356 e. The molecule has 1 aromatic heterocycles. The first-order valence-corrected chi connectivity index (χ1v) is 10.6. The Labute approximate surface area is 166 Å². The molecular weight excluding hydrogens is 390 g/mol. The molecule has 0 bridgehead atoms. The van der Waals surface area contributed by atoms with Crippen LogP contribution >= 0.6 is 34.7 Å². The van der Waals surface area contributed by atoms with Crippen molar-refractivity contribution in [2.75, 3.05) is 17.6 Å². The molecule has 0 unspecified atom stereocenters. The van der Waals surface area contributed by atoms with E-state index in [1.165, 1.54) is 23.1 Å². The molecule has 0 aliphatic carbocycles. The second-order valence-electron chi connectivity index (χ2n) is 6.16. The van der Waals surface area contributed by atoms with Crippen LogP contribution in [0.1, 0.15) is 26.0 Å². The SMILES string of the molecule is CC(C)CCNC(=O)Cc1csc(SCC(=O)Nc2ccc(Cl)cc2)n1. The van der Waals surface area contributed by atoms with Crippen molar-refractivity contribution in [2.24, 2.45) is 5.92 Å². The number of carbonyl (C=O) groups excluding carboxylic acids is 2. The fraction of sp³-hybridized carbons (Fsp3) is 0.389. The molecule has 2 N–H and O–H groups in total. The van der Waals surface area contributed by atoms with Crippen LogP contribution in [0.2, 0.25) is 5.02 Å². The summed E-state index contributed by atoms with van der Waals surface area (Å²) in [7, 11) is 0. The van der Waals surface area contributed by atoms with Gasteiger partial charge in [-0.2, -0.15) is 0 Å². The van der Waals surface area contributed by atoms with Crippen LogP contribution in [-0.4, -0.2) is 29.1 Å². The van der Waals surface area contributed by atoms with E-state index in [2.05, 4.69) is 29.5 Å². The van der Waals surface area contributed by atoms with Gasteiger partial charge >= 0.3 is 0 Å². The van der Waals surface area contributed by atoms with Crippen LogP contribution in [-0.2, 0) is 16.0 Å². The summed E-state index contributed by atoms with van der Waals surface area (Å²) < 4.78 is 0.779. The number of aromatic nitrogens is 1. The molecule has 2 rings (SSSR count). The summed E-state index contributed by atoms with van der Waals surface area (Å²) in [4.78, 5) is 28.3. The summed E-state index contributed by atoms with van der Waals surface area (Å²) in [5.74, 6) is 0.695. The lowest BCUT2D eigenvalue weighted by Gasteiger charge is -2.06. The Morgan fingerprint density at radius 1 is 1.23 bits per heavy atom. The molecule has 0 radical (unpaired) electrons. The van der Waals surface area contributed by atoms with Gasteiger partial charge in [-0.1, -0.05) is 37.2 Å². The molecule has 1 heterocycles. The monoisotopic (exact) mass is 411 g/mol. The van der Waals surface area contributed by atoms with Crippen molar-refractivity contribution in [1.29, 1.82) is 0 Å². The molecule has 2 amide bonds. The maximum Gasteiger partial charge on any atom is 0.234 e. The van der Waals surface area contributed by atoms with E-state index >= 15 is 0 Å². The smallest absolute Gasteiger partial charge is 0.234 e. The zero-order valence-corrected chi connectivity index (χ0v) is 17.1. The van der Waals surface area contributed by atoms with E-state index < -0.39 is 0 Å². The van der Waals surface area contributed by atoms with Crippen LogP contribution in [0.4, 0.5) is 5.69 Å². The summed E-state index contributed by atoms with van der Waals surface area (Å²) in [6.07, 6.45) is 1.23. The van der Waals surface area contributed by atoms with Crippen molar-refractivity contribution in [2.45, 2.75) is 31.0 Å². The third-order valence-corrected chi connectivity index (χ3v) is 5.69. The van der Waals surface area contributed by atoms with Crippen molar-refractivity contribution in [1.82, 2.24) is 10.3 Å². The van der Waals surface area contributed by atoms with Gasteiger partial charge < -0.3 is 10.6 Å². The van der Waals surface area contributed by atoms with Crippen LogP contribution < -0.4 is 10.6 Å².